The highest BCUT2D eigenvalue weighted by Crippen LogP contribution is 2.22. The normalized spacial score (nSPS) is 16.0. The maximum absolute atomic E-state index is 13.3. The second-order valence-corrected chi connectivity index (χ2v) is 7.30. The van der Waals surface area contributed by atoms with E-state index < -0.39 is 0 Å². The third-order valence-electron chi connectivity index (χ3n) is 4.69. The molecule has 0 unspecified atom stereocenters. The number of nitrogens with zero attached hydrogens (tertiary/aromatic N) is 3. The number of benzene rings is 1. The van der Waals surface area contributed by atoms with E-state index >= 15 is 0 Å². The highest BCUT2D eigenvalue weighted by atomic mass is 32.2. The van der Waals surface area contributed by atoms with Gasteiger partial charge in [-0.2, -0.15) is 0 Å². The monoisotopic (exact) mass is 376 g/mol. The number of carbonyl (C=O) groups excluding carboxylic acids is 1. The molecule has 1 aromatic heterocycles. The first-order valence-electron chi connectivity index (χ1n) is 9.03. The minimum Gasteiger partial charge on any atom is -0.348 e. The van der Waals surface area contributed by atoms with Gasteiger partial charge < -0.3 is 10.2 Å². The maximum Gasteiger partial charge on any atom is 0.270 e. The number of imidazole rings is 1. The van der Waals surface area contributed by atoms with Crippen LogP contribution in [0, 0.1) is 5.82 Å². The second-order valence-electron chi connectivity index (χ2n) is 6.53. The van der Waals surface area contributed by atoms with Gasteiger partial charge in [0.2, 0.25) is 0 Å². The third kappa shape index (κ3) is 4.27. The summed E-state index contributed by atoms with van der Waals surface area (Å²) in [6.45, 7) is 5.35. The van der Waals surface area contributed by atoms with Gasteiger partial charge in [-0.15, -0.1) is 0 Å². The molecule has 2 heterocycles. The topological polar surface area (TPSA) is 50.2 Å². The van der Waals surface area contributed by atoms with Gasteiger partial charge in [0.25, 0.3) is 5.91 Å². The Morgan fingerprint density at radius 2 is 2.00 bits per heavy atom. The lowest BCUT2D eigenvalue weighted by molar-refractivity contribution is 0.0903. The Bertz CT molecular complexity index is 738. The molecule has 1 saturated heterocycles. The number of hydrogen-bond acceptors (Lipinski definition) is 4. The van der Waals surface area contributed by atoms with Crippen LogP contribution in [0.2, 0.25) is 0 Å². The van der Waals surface area contributed by atoms with Crippen molar-refractivity contribution in [3.05, 3.63) is 42.0 Å². The van der Waals surface area contributed by atoms with Crippen molar-refractivity contribution in [2.75, 3.05) is 25.9 Å². The minimum absolute atomic E-state index is 0.129. The van der Waals surface area contributed by atoms with E-state index in [0.717, 1.165) is 44.6 Å². The predicted octanol–water partition coefficient (Wildman–Crippen LogP) is 3.34. The SMILES string of the molecule is CCCN1CCC(NC(=O)c2cnc(SC)n2-c2ccc(F)cc2)CC1. The summed E-state index contributed by atoms with van der Waals surface area (Å²) in [4.78, 5) is 19.6. The molecule has 3 rings (SSSR count). The summed E-state index contributed by atoms with van der Waals surface area (Å²) in [6.07, 6.45) is 6.59. The molecule has 0 saturated carbocycles. The van der Waals surface area contributed by atoms with E-state index in [4.69, 9.17) is 0 Å². The Labute approximate surface area is 158 Å². The molecule has 7 heteroatoms. The van der Waals surface area contributed by atoms with Crippen LogP contribution in [-0.2, 0) is 0 Å². The molecule has 0 atom stereocenters. The van der Waals surface area contributed by atoms with Crippen LogP contribution >= 0.6 is 11.8 Å². The first kappa shape index (κ1) is 18.9. The highest BCUT2D eigenvalue weighted by Gasteiger charge is 2.23. The van der Waals surface area contributed by atoms with Crippen molar-refractivity contribution in [1.29, 1.82) is 0 Å². The second kappa shape index (κ2) is 8.68. The molecule has 1 aliphatic rings. The van der Waals surface area contributed by atoms with E-state index in [0.29, 0.717) is 10.9 Å². The number of aromatic nitrogens is 2. The van der Waals surface area contributed by atoms with Gasteiger partial charge in [0.05, 0.1) is 6.20 Å². The van der Waals surface area contributed by atoms with E-state index in [1.165, 1.54) is 23.9 Å². The van der Waals surface area contributed by atoms with Gasteiger partial charge in [0.15, 0.2) is 5.16 Å². The summed E-state index contributed by atoms with van der Waals surface area (Å²) in [5.41, 5.74) is 1.22. The van der Waals surface area contributed by atoms with Crippen LogP contribution in [0.5, 0.6) is 0 Å². The van der Waals surface area contributed by atoms with Crippen molar-refractivity contribution in [2.24, 2.45) is 0 Å². The smallest absolute Gasteiger partial charge is 0.270 e. The van der Waals surface area contributed by atoms with Crippen molar-refractivity contribution >= 4 is 17.7 Å². The van der Waals surface area contributed by atoms with Crippen molar-refractivity contribution in [3.8, 4) is 5.69 Å². The number of likely N-dealkylation sites (tertiary alicyclic amines) is 1. The molecule has 1 fully saturated rings. The zero-order chi connectivity index (χ0) is 18.5. The summed E-state index contributed by atoms with van der Waals surface area (Å²) in [7, 11) is 0. The van der Waals surface area contributed by atoms with Crippen LogP contribution in [0.3, 0.4) is 0 Å². The standard InChI is InChI=1S/C19H25FN4OS/c1-3-10-23-11-8-15(9-12-23)22-18(25)17-13-21-19(26-2)24(17)16-6-4-14(20)5-7-16/h4-7,13,15H,3,8-12H2,1-2H3,(H,22,25). The van der Waals surface area contributed by atoms with Crippen LogP contribution in [0.1, 0.15) is 36.7 Å². The van der Waals surface area contributed by atoms with Gasteiger partial charge in [-0.1, -0.05) is 18.7 Å². The molecule has 0 aliphatic carbocycles. The number of rotatable bonds is 6. The maximum atomic E-state index is 13.3. The zero-order valence-corrected chi connectivity index (χ0v) is 16.1. The van der Waals surface area contributed by atoms with E-state index in [1.807, 2.05) is 6.26 Å². The number of piperidine rings is 1. The fourth-order valence-corrected chi connectivity index (χ4v) is 3.90. The predicted molar refractivity (Wildman–Crippen MR) is 103 cm³/mol. The van der Waals surface area contributed by atoms with Crippen molar-refractivity contribution in [1.82, 2.24) is 19.8 Å². The van der Waals surface area contributed by atoms with Crippen LogP contribution in [0.25, 0.3) is 5.69 Å². The molecule has 1 aliphatic heterocycles. The number of hydrogen-bond donors (Lipinski definition) is 1. The van der Waals surface area contributed by atoms with Gasteiger partial charge in [-0.05, 0) is 56.3 Å². The van der Waals surface area contributed by atoms with E-state index in [-0.39, 0.29) is 17.8 Å². The van der Waals surface area contributed by atoms with Gasteiger partial charge in [-0.25, -0.2) is 9.37 Å². The largest absolute Gasteiger partial charge is 0.348 e. The quantitative estimate of drug-likeness (QED) is 0.786. The molecule has 1 aromatic carbocycles. The van der Waals surface area contributed by atoms with Gasteiger partial charge >= 0.3 is 0 Å². The average molecular weight is 377 g/mol. The van der Waals surface area contributed by atoms with Crippen molar-refractivity contribution in [3.63, 3.8) is 0 Å². The summed E-state index contributed by atoms with van der Waals surface area (Å²) < 4.78 is 15.0. The number of amides is 1. The van der Waals surface area contributed by atoms with E-state index in [2.05, 4.69) is 22.1 Å². The van der Waals surface area contributed by atoms with Crippen molar-refractivity contribution in [2.45, 2.75) is 37.4 Å². The van der Waals surface area contributed by atoms with Gasteiger partial charge in [0.1, 0.15) is 11.5 Å². The number of thioether (sulfide) groups is 1. The van der Waals surface area contributed by atoms with Crippen molar-refractivity contribution < 1.29 is 9.18 Å². The molecule has 2 aromatic rings. The van der Waals surface area contributed by atoms with Gasteiger partial charge in [0, 0.05) is 24.8 Å². The fourth-order valence-electron chi connectivity index (χ4n) is 3.36. The number of carbonyl (C=O) groups is 1. The Balaban J connectivity index is 1.74. The number of nitrogens with one attached hydrogen (secondary N) is 1. The first-order valence-corrected chi connectivity index (χ1v) is 10.3. The molecule has 140 valence electrons. The Hall–Kier alpha value is -1.86. The van der Waals surface area contributed by atoms with Crippen LogP contribution in [-0.4, -0.2) is 52.3 Å². The zero-order valence-electron chi connectivity index (χ0n) is 15.2. The summed E-state index contributed by atoms with van der Waals surface area (Å²) in [5.74, 6) is -0.430. The lowest BCUT2D eigenvalue weighted by atomic mass is 10.0. The van der Waals surface area contributed by atoms with Gasteiger partial charge in [-0.3, -0.25) is 9.36 Å². The third-order valence-corrected chi connectivity index (χ3v) is 5.35. The molecule has 0 bridgehead atoms. The first-order chi connectivity index (χ1) is 12.6. The number of halogens is 1. The van der Waals surface area contributed by atoms with Crippen LogP contribution < -0.4 is 5.32 Å². The molecule has 0 spiro atoms. The average Bonchev–Trinajstić information content (AvgIpc) is 3.08. The highest BCUT2D eigenvalue weighted by molar-refractivity contribution is 7.98. The molecule has 0 radical (unpaired) electrons. The van der Waals surface area contributed by atoms with E-state index in [1.54, 1.807) is 22.9 Å². The molecular weight excluding hydrogens is 351 g/mol. The van der Waals surface area contributed by atoms with Crippen LogP contribution in [0.4, 0.5) is 4.39 Å². The summed E-state index contributed by atoms with van der Waals surface area (Å²) >= 11 is 1.46. The van der Waals surface area contributed by atoms with Crippen LogP contribution in [0.15, 0.2) is 35.6 Å². The summed E-state index contributed by atoms with van der Waals surface area (Å²) in [6, 6.07) is 6.30. The molecule has 26 heavy (non-hydrogen) atoms. The lowest BCUT2D eigenvalue weighted by Crippen LogP contribution is -2.45. The fraction of sp³-hybridized carbons (Fsp3) is 0.474. The Morgan fingerprint density at radius 1 is 1.31 bits per heavy atom. The molecule has 1 N–H and O–H groups in total. The lowest BCUT2D eigenvalue weighted by Gasteiger charge is -2.32. The summed E-state index contributed by atoms with van der Waals surface area (Å²) in [5, 5.41) is 3.85. The van der Waals surface area contributed by atoms with E-state index in [9.17, 15) is 9.18 Å². The molecule has 5 nitrogen and oxygen atoms in total. The molecule has 1 amide bonds. The minimum atomic E-state index is -0.301. The Kier molecular flexibility index (Phi) is 6.32. The Morgan fingerprint density at radius 3 is 2.62 bits per heavy atom. The molecular formula is C19H25FN4OS.